The molecule has 0 spiro atoms. The molecule has 1 unspecified atom stereocenters. The lowest BCUT2D eigenvalue weighted by Gasteiger charge is -2.27. The number of hydrogen-bond acceptors (Lipinski definition) is 17. The topological polar surface area (TPSA) is 412 Å². The number of carbonyl (C=O) groups is 9. The van der Waals surface area contributed by atoms with E-state index in [0.717, 1.165) is 64.2 Å². The predicted molar refractivity (Wildman–Crippen MR) is 430 cm³/mol. The van der Waals surface area contributed by atoms with Crippen LogP contribution in [-0.2, 0) is 47.8 Å². The molecule has 8 amide bonds. The smallest absolute Gasteiger partial charge is 0.315 e. The van der Waals surface area contributed by atoms with Crippen molar-refractivity contribution < 1.29 is 52.6 Å². The van der Waals surface area contributed by atoms with E-state index in [4.69, 9.17) is 43.9 Å². The number of amides is 8. The maximum atomic E-state index is 14.6. The quantitative estimate of drug-likeness (QED) is 0.0199. The minimum Gasteiger partial charge on any atom is -0.462 e. The SMILES string of the molecule is CCCCCCCCCCCCCCCC(=O)OCC(CSC[C@H](NC(=O)NCCCCCCCCCCCCCC)C(=O)N[C@@H](CN)C(=O)N[C@@H](CCCCN)C(=O)N[C@@H](CCCCN)C(=O)N[C@@H](CCCCN)C(=O)N[C@@H](CCCCN)C(N)=O)OC(=O)CCCCCCCCCCCCCCC. The van der Waals surface area contributed by atoms with Crippen LogP contribution in [-0.4, -0.2) is 153 Å². The summed E-state index contributed by atoms with van der Waals surface area (Å²) in [5.74, 6) is -5.07. The fourth-order valence-corrected chi connectivity index (χ4v) is 13.8. The maximum absolute atomic E-state index is 14.6. The summed E-state index contributed by atoms with van der Waals surface area (Å²) in [6, 6.07) is -7.86. The van der Waals surface area contributed by atoms with Gasteiger partial charge in [0, 0.05) is 37.4 Å². The molecule has 0 fully saturated rings. The Balaban J connectivity index is 6.62. The standard InChI is InChI=1S/C80H157N13O11S/c1-4-7-10-13-16-19-22-25-27-30-33-36-39-54-72(94)103-62-65(104-73(95)55-40-37-34-31-28-26-23-20-17-14-11-8-5-2)63-105-64-71(93-80(102)87-60-49-38-35-32-29-24-21-18-15-12-9-6-3)79(101)92-70(61-85)78(100)91-69(53-44-48-59-84)77(99)90-68(52-43-47-58-83)76(98)89-67(51-42-46-57-82)75(97)88-66(74(86)96)50-41-45-56-81/h65-71H,4-64,81-85H2,1-3H3,(H2,86,96)(H,88,97)(H,89,98)(H,90,99)(H,91,100)(H,92,101)(H2,87,93,102)/t65?,66-,67-,68-,69-,70-,71-/m0/s1. The van der Waals surface area contributed by atoms with Gasteiger partial charge >= 0.3 is 18.0 Å². The number of nitrogens with one attached hydrogen (secondary N) is 7. The third kappa shape index (κ3) is 59.8. The summed E-state index contributed by atoms with van der Waals surface area (Å²) < 4.78 is 11.8. The Kier molecular flexibility index (Phi) is 70.0. The first-order valence-corrected chi connectivity index (χ1v) is 43.5. The molecule has 0 saturated carbocycles. The number of ether oxygens (including phenoxy) is 2. The summed E-state index contributed by atoms with van der Waals surface area (Å²) in [5.41, 5.74) is 35.1. The molecule has 0 radical (unpaired) electrons. The van der Waals surface area contributed by atoms with Crippen LogP contribution in [0.2, 0.25) is 0 Å². The molecule has 19 N–H and O–H groups in total. The second-order valence-electron chi connectivity index (χ2n) is 29.2. The van der Waals surface area contributed by atoms with E-state index in [9.17, 15) is 43.2 Å². The molecule has 0 rings (SSSR count). The second kappa shape index (κ2) is 73.3. The first-order valence-electron chi connectivity index (χ1n) is 42.3. The molecular weight excluding hydrogens is 1350 g/mol. The van der Waals surface area contributed by atoms with Crippen LogP contribution in [0.25, 0.3) is 0 Å². The van der Waals surface area contributed by atoms with E-state index in [-0.39, 0.29) is 69.2 Å². The van der Waals surface area contributed by atoms with Crippen molar-refractivity contribution in [3.8, 4) is 0 Å². The normalized spacial score (nSPS) is 13.3. The van der Waals surface area contributed by atoms with Crippen LogP contribution >= 0.6 is 11.8 Å². The first-order chi connectivity index (χ1) is 51.0. The summed E-state index contributed by atoms with van der Waals surface area (Å²) in [5, 5.41) is 19.4. The van der Waals surface area contributed by atoms with Gasteiger partial charge in [-0.25, -0.2) is 4.79 Å². The van der Waals surface area contributed by atoms with Crippen molar-refractivity contribution in [2.45, 2.75) is 397 Å². The largest absolute Gasteiger partial charge is 0.462 e. The Labute approximate surface area is 640 Å². The molecule has 0 aromatic heterocycles. The highest BCUT2D eigenvalue weighted by Crippen LogP contribution is 2.19. The second-order valence-corrected chi connectivity index (χ2v) is 30.3. The van der Waals surface area contributed by atoms with Crippen LogP contribution in [0, 0.1) is 0 Å². The maximum Gasteiger partial charge on any atom is 0.315 e. The highest BCUT2D eigenvalue weighted by Gasteiger charge is 2.33. The fraction of sp³-hybridized carbons (Fsp3) is 0.887. The van der Waals surface area contributed by atoms with Crippen LogP contribution < -0.4 is 71.6 Å². The Morgan fingerprint density at radius 2 is 0.610 bits per heavy atom. The van der Waals surface area contributed by atoms with Crippen LogP contribution in [0.5, 0.6) is 0 Å². The van der Waals surface area contributed by atoms with Crippen molar-refractivity contribution in [1.82, 2.24) is 37.2 Å². The Hall–Kier alpha value is -4.82. The number of hydrogen-bond donors (Lipinski definition) is 13. The Bertz CT molecular complexity index is 2180. The van der Waals surface area contributed by atoms with Crippen LogP contribution in [0.1, 0.15) is 355 Å². The number of esters is 2. The van der Waals surface area contributed by atoms with Gasteiger partial charge in [-0.1, -0.05) is 245 Å². The fourth-order valence-electron chi connectivity index (χ4n) is 12.7. The summed E-state index contributed by atoms with van der Waals surface area (Å²) >= 11 is 1.21. The third-order valence-corrected chi connectivity index (χ3v) is 20.6. The third-order valence-electron chi connectivity index (χ3n) is 19.4. The molecule has 24 nitrogen and oxygen atoms in total. The highest BCUT2D eigenvalue weighted by molar-refractivity contribution is 7.99. The predicted octanol–water partition coefficient (Wildman–Crippen LogP) is 11.9. The molecule has 0 aromatic carbocycles. The van der Waals surface area contributed by atoms with Gasteiger partial charge in [0.05, 0.1) is 0 Å². The van der Waals surface area contributed by atoms with Crippen molar-refractivity contribution >= 4 is 65.2 Å². The number of thioether (sulfide) groups is 1. The van der Waals surface area contributed by atoms with Gasteiger partial charge in [0.25, 0.3) is 0 Å². The minimum atomic E-state index is -1.41. The number of primary amides is 1. The van der Waals surface area contributed by atoms with E-state index in [2.05, 4.69) is 58.0 Å². The Morgan fingerprint density at radius 1 is 0.314 bits per heavy atom. The molecular formula is C80H157N13O11S. The van der Waals surface area contributed by atoms with Gasteiger partial charge in [-0.15, -0.1) is 0 Å². The first kappa shape index (κ1) is 100. The molecule has 0 aliphatic heterocycles. The van der Waals surface area contributed by atoms with E-state index >= 15 is 0 Å². The van der Waals surface area contributed by atoms with Gasteiger partial charge in [-0.2, -0.15) is 11.8 Å². The van der Waals surface area contributed by atoms with E-state index in [1.165, 1.54) is 179 Å². The van der Waals surface area contributed by atoms with Gasteiger partial charge < -0.3 is 81.1 Å². The van der Waals surface area contributed by atoms with E-state index in [1.807, 2.05) is 0 Å². The Morgan fingerprint density at radius 3 is 0.952 bits per heavy atom. The minimum absolute atomic E-state index is 0.0512. The van der Waals surface area contributed by atoms with Gasteiger partial charge in [-0.3, -0.25) is 38.4 Å². The number of nitrogens with two attached hydrogens (primary N) is 6. The van der Waals surface area contributed by atoms with Crippen LogP contribution in [0.4, 0.5) is 4.79 Å². The summed E-state index contributed by atoms with van der Waals surface area (Å²) in [6.07, 6.45) is 48.5. The number of rotatable bonds is 77. The van der Waals surface area contributed by atoms with Crippen molar-refractivity contribution in [1.29, 1.82) is 0 Å². The lowest BCUT2D eigenvalue weighted by molar-refractivity contribution is -0.157. The van der Waals surface area contributed by atoms with Crippen LogP contribution in [0.3, 0.4) is 0 Å². The molecule has 0 aliphatic carbocycles. The summed E-state index contributed by atoms with van der Waals surface area (Å²) in [7, 11) is 0. The highest BCUT2D eigenvalue weighted by atomic mass is 32.2. The van der Waals surface area contributed by atoms with E-state index in [0.29, 0.717) is 90.4 Å². The van der Waals surface area contributed by atoms with Crippen LogP contribution in [0.15, 0.2) is 0 Å². The van der Waals surface area contributed by atoms with E-state index < -0.39 is 96.3 Å². The molecule has 614 valence electrons. The molecule has 0 aliphatic rings. The van der Waals surface area contributed by atoms with Crippen molar-refractivity contribution in [2.24, 2.45) is 34.4 Å². The summed E-state index contributed by atoms with van der Waals surface area (Å²) in [4.78, 5) is 124. The number of urea groups is 1. The average Bonchev–Trinajstić information content (AvgIpc) is 0.865. The zero-order valence-electron chi connectivity index (χ0n) is 66.5. The molecule has 0 heterocycles. The molecule has 105 heavy (non-hydrogen) atoms. The average molecular weight is 1510 g/mol. The summed E-state index contributed by atoms with van der Waals surface area (Å²) in [6.45, 7) is 7.79. The van der Waals surface area contributed by atoms with Gasteiger partial charge in [-0.05, 0) is 122 Å². The lowest BCUT2D eigenvalue weighted by Crippen LogP contribution is -2.61. The van der Waals surface area contributed by atoms with E-state index in [1.54, 1.807) is 0 Å². The lowest BCUT2D eigenvalue weighted by atomic mass is 10.0. The van der Waals surface area contributed by atoms with Crippen molar-refractivity contribution in [3.63, 3.8) is 0 Å². The molecule has 25 heteroatoms. The van der Waals surface area contributed by atoms with Crippen molar-refractivity contribution in [3.05, 3.63) is 0 Å². The van der Waals surface area contributed by atoms with Gasteiger partial charge in [0.15, 0.2) is 0 Å². The molecule has 0 bridgehead atoms. The number of unbranched alkanes of at least 4 members (excludes halogenated alkanes) is 39. The zero-order valence-corrected chi connectivity index (χ0v) is 67.4. The van der Waals surface area contributed by atoms with Crippen molar-refractivity contribution in [2.75, 3.05) is 57.4 Å². The monoisotopic (exact) mass is 1510 g/mol. The van der Waals surface area contributed by atoms with Gasteiger partial charge in [0.1, 0.15) is 49.0 Å². The zero-order chi connectivity index (χ0) is 77.4. The number of carbonyl (C=O) groups excluding carboxylic acids is 9. The molecule has 0 saturated heterocycles. The molecule has 7 atom stereocenters. The van der Waals surface area contributed by atoms with Gasteiger partial charge in [0.2, 0.25) is 35.4 Å². The molecule has 0 aromatic rings.